The van der Waals surface area contributed by atoms with Crippen LogP contribution in [0.15, 0.2) is 114 Å². The molecule has 5 nitrogen and oxygen atoms in total. The van der Waals surface area contributed by atoms with Gasteiger partial charge in [0.15, 0.2) is 5.82 Å². The molecule has 0 aliphatic heterocycles. The fraction of sp³-hybridized carbons (Fsp3) is 0.0968. The molecule has 0 aliphatic carbocycles. The number of benzene rings is 4. The van der Waals surface area contributed by atoms with Crippen molar-refractivity contribution in [3.63, 3.8) is 0 Å². The van der Waals surface area contributed by atoms with Gasteiger partial charge in [-0.25, -0.2) is 9.69 Å². The Bertz CT molecular complexity index is 1710. The first-order valence-electron chi connectivity index (χ1n) is 12.1. The third kappa shape index (κ3) is 3.75. The van der Waals surface area contributed by atoms with Crippen LogP contribution in [0, 0.1) is 6.92 Å². The molecule has 0 atom stereocenters. The van der Waals surface area contributed by atoms with Gasteiger partial charge >= 0.3 is 0 Å². The molecule has 176 valence electrons. The number of anilines is 2. The number of fused-ring (bicyclic) bond motifs is 3. The van der Waals surface area contributed by atoms with Crippen molar-refractivity contribution in [1.82, 2.24) is 14.3 Å². The van der Waals surface area contributed by atoms with E-state index in [4.69, 9.17) is 10.2 Å². The molecule has 0 N–H and O–H groups in total. The lowest BCUT2D eigenvalue weighted by atomic mass is 10.1. The summed E-state index contributed by atoms with van der Waals surface area (Å²) >= 11 is 0. The Balaban J connectivity index is 1.46. The summed E-state index contributed by atoms with van der Waals surface area (Å²) < 4.78 is 4.20. The molecule has 0 unspecified atom stereocenters. The van der Waals surface area contributed by atoms with E-state index in [0.29, 0.717) is 0 Å². The van der Waals surface area contributed by atoms with Gasteiger partial charge in [-0.2, -0.15) is 5.10 Å². The molecule has 4 aromatic carbocycles. The molecule has 0 spiro atoms. The first kappa shape index (κ1) is 21.9. The highest BCUT2D eigenvalue weighted by atomic mass is 15.5. The smallest absolute Gasteiger partial charge is 0.176 e. The number of nitrogens with zero attached hydrogens (tertiary/aromatic N) is 5. The molecule has 0 bridgehead atoms. The second-order valence-electron chi connectivity index (χ2n) is 9.03. The Labute approximate surface area is 210 Å². The summed E-state index contributed by atoms with van der Waals surface area (Å²) in [6.45, 7) is 4.13. The minimum Gasteiger partial charge on any atom is -0.344 e. The number of rotatable bonds is 5. The second kappa shape index (κ2) is 8.86. The zero-order valence-corrected chi connectivity index (χ0v) is 20.6. The summed E-state index contributed by atoms with van der Waals surface area (Å²) in [5, 5.41) is 14.4. The van der Waals surface area contributed by atoms with E-state index >= 15 is 0 Å². The van der Waals surface area contributed by atoms with Crippen LogP contribution in [0.1, 0.15) is 18.2 Å². The van der Waals surface area contributed by atoms with E-state index < -0.39 is 0 Å². The van der Waals surface area contributed by atoms with Crippen LogP contribution in [-0.2, 0) is 7.05 Å². The minimum absolute atomic E-state index is 0.771. The van der Waals surface area contributed by atoms with Gasteiger partial charge in [0.1, 0.15) is 0 Å². The molecule has 0 amide bonds. The Kier molecular flexibility index (Phi) is 5.38. The predicted octanol–water partition coefficient (Wildman–Crippen LogP) is 7.39. The third-order valence-electron chi connectivity index (χ3n) is 6.67. The van der Waals surface area contributed by atoms with Crippen LogP contribution < -0.4 is 5.01 Å². The normalized spacial score (nSPS) is 11.9. The largest absolute Gasteiger partial charge is 0.344 e. The fourth-order valence-corrected chi connectivity index (χ4v) is 4.80. The number of hydrogen-bond acceptors (Lipinski definition) is 3. The number of hydrazone groups is 1. The summed E-state index contributed by atoms with van der Waals surface area (Å²) in [7, 11) is 2.12. The van der Waals surface area contributed by atoms with E-state index in [1.54, 1.807) is 0 Å². The lowest BCUT2D eigenvalue weighted by Crippen LogP contribution is -2.13. The molecule has 0 aliphatic rings. The van der Waals surface area contributed by atoms with E-state index in [-0.39, 0.29) is 0 Å². The molecular formula is C31H27N5. The van der Waals surface area contributed by atoms with Crippen LogP contribution in [-0.4, -0.2) is 20.1 Å². The van der Waals surface area contributed by atoms with Gasteiger partial charge in [-0.3, -0.25) is 0 Å². The van der Waals surface area contributed by atoms with Crippen LogP contribution in [0.2, 0.25) is 0 Å². The number of para-hydroxylation sites is 3. The number of aryl methyl sites for hydroxylation is 2. The van der Waals surface area contributed by atoms with Gasteiger partial charge in [0, 0.05) is 40.6 Å². The van der Waals surface area contributed by atoms with Crippen LogP contribution in [0.3, 0.4) is 0 Å². The summed E-state index contributed by atoms with van der Waals surface area (Å²) in [5.74, 6) is 0.771. The molecule has 0 fully saturated rings. The maximum absolute atomic E-state index is 5.10. The maximum Gasteiger partial charge on any atom is 0.176 e. The van der Waals surface area contributed by atoms with Gasteiger partial charge in [0.25, 0.3) is 0 Å². The van der Waals surface area contributed by atoms with Crippen LogP contribution >= 0.6 is 0 Å². The zero-order chi connectivity index (χ0) is 24.6. The van der Waals surface area contributed by atoms with Gasteiger partial charge in [-0.15, -0.1) is 5.10 Å². The van der Waals surface area contributed by atoms with Crippen molar-refractivity contribution in [1.29, 1.82) is 0 Å². The maximum atomic E-state index is 5.10. The molecule has 0 saturated heterocycles. The standard InChI is InChI=1S/C31H27N5/c1-22-20-31(33-35(22)25-12-6-4-7-13-25)36(26-14-8-5-9-15-26)32-23(2)24-18-19-30-28(21-24)27-16-10-11-17-29(27)34(30)3/h4-21H,1-3H3/b32-23-. The highest BCUT2D eigenvalue weighted by Gasteiger charge is 2.16. The Morgan fingerprint density at radius 2 is 1.42 bits per heavy atom. The van der Waals surface area contributed by atoms with Crippen molar-refractivity contribution in [3.8, 4) is 5.69 Å². The summed E-state index contributed by atoms with van der Waals surface area (Å²) in [5.41, 5.74) is 7.47. The van der Waals surface area contributed by atoms with Crippen molar-refractivity contribution < 1.29 is 0 Å². The Morgan fingerprint density at radius 3 is 2.19 bits per heavy atom. The summed E-state index contributed by atoms with van der Waals surface area (Å²) in [4.78, 5) is 0. The van der Waals surface area contributed by atoms with E-state index in [1.165, 1.54) is 21.8 Å². The highest BCUT2D eigenvalue weighted by molar-refractivity contribution is 6.11. The monoisotopic (exact) mass is 469 g/mol. The molecular weight excluding hydrogens is 442 g/mol. The quantitative estimate of drug-likeness (QED) is 0.195. The summed E-state index contributed by atoms with van der Waals surface area (Å²) in [6.07, 6.45) is 0. The Hall–Kier alpha value is -4.64. The lowest BCUT2D eigenvalue weighted by molar-refractivity contribution is 0.836. The predicted molar refractivity (Wildman–Crippen MR) is 150 cm³/mol. The van der Waals surface area contributed by atoms with E-state index in [1.807, 2.05) is 46.1 Å². The van der Waals surface area contributed by atoms with Crippen molar-refractivity contribution >= 4 is 39.0 Å². The first-order valence-corrected chi connectivity index (χ1v) is 12.1. The molecule has 0 saturated carbocycles. The lowest BCUT2D eigenvalue weighted by Gasteiger charge is -2.18. The first-order chi connectivity index (χ1) is 17.6. The molecule has 0 radical (unpaired) electrons. The van der Waals surface area contributed by atoms with Crippen molar-refractivity contribution in [2.75, 3.05) is 5.01 Å². The SMILES string of the molecule is C/C(=N/N(c1ccccc1)c1cc(C)n(-c2ccccc2)n1)c1ccc2c(c1)c1ccccc1n2C. The average Bonchev–Trinajstić information content (AvgIpc) is 3.45. The van der Waals surface area contributed by atoms with E-state index in [0.717, 1.165) is 34.2 Å². The minimum atomic E-state index is 0.771. The molecule has 5 heteroatoms. The molecule has 2 heterocycles. The van der Waals surface area contributed by atoms with Gasteiger partial charge in [0.05, 0.1) is 17.1 Å². The van der Waals surface area contributed by atoms with Crippen LogP contribution in [0.5, 0.6) is 0 Å². The molecule has 6 aromatic rings. The van der Waals surface area contributed by atoms with Crippen molar-refractivity contribution in [3.05, 3.63) is 120 Å². The summed E-state index contributed by atoms with van der Waals surface area (Å²) in [6, 6.07) is 37.5. The van der Waals surface area contributed by atoms with Crippen molar-refractivity contribution in [2.24, 2.45) is 12.1 Å². The van der Waals surface area contributed by atoms with E-state index in [2.05, 4.69) is 98.3 Å². The number of hydrogen-bond donors (Lipinski definition) is 0. The fourth-order valence-electron chi connectivity index (χ4n) is 4.80. The highest BCUT2D eigenvalue weighted by Crippen LogP contribution is 2.30. The van der Waals surface area contributed by atoms with Crippen LogP contribution in [0.25, 0.3) is 27.5 Å². The number of aromatic nitrogens is 3. The van der Waals surface area contributed by atoms with Gasteiger partial charge < -0.3 is 4.57 Å². The zero-order valence-electron chi connectivity index (χ0n) is 20.6. The average molecular weight is 470 g/mol. The Morgan fingerprint density at radius 1 is 0.750 bits per heavy atom. The van der Waals surface area contributed by atoms with Crippen LogP contribution in [0.4, 0.5) is 11.5 Å². The second-order valence-corrected chi connectivity index (χ2v) is 9.03. The van der Waals surface area contributed by atoms with E-state index in [9.17, 15) is 0 Å². The molecule has 6 rings (SSSR count). The topological polar surface area (TPSA) is 38.4 Å². The third-order valence-corrected chi connectivity index (χ3v) is 6.67. The molecule has 2 aromatic heterocycles. The van der Waals surface area contributed by atoms with Crippen molar-refractivity contribution in [2.45, 2.75) is 13.8 Å². The molecule has 36 heavy (non-hydrogen) atoms. The van der Waals surface area contributed by atoms with Gasteiger partial charge in [-0.05, 0) is 61.9 Å². The van der Waals surface area contributed by atoms with Gasteiger partial charge in [0.2, 0.25) is 0 Å². The van der Waals surface area contributed by atoms with Gasteiger partial charge in [-0.1, -0.05) is 60.7 Å².